The molecule has 1 saturated carbocycles. The summed E-state index contributed by atoms with van der Waals surface area (Å²) >= 11 is 3.50. The second-order valence-electron chi connectivity index (χ2n) is 5.57. The predicted octanol–water partition coefficient (Wildman–Crippen LogP) is 4.41. The van der Waals surface area contributed by atoms with Crippen LogP contribution >= 0.6 is 15.9 Å². The number of hydrogen-bond acceptors (Lipinski definition) is 1. The molecule has 3 atom stereocenters. The van der Waals surface area contributed by atoms with E-state index in [-0.39, 0.29) is 0 Å². The molecule has 1 aromatic carbocycles. The molecule has 1 N–H and O–H groups in total. The van der Waals surface area contributed by atoms with Crippen LogP contribution < -0.4 is 5.32 Å². The van der Waals surface area contributed by atoms with Crippen LogP contribution in [0.4, 0.5) is 0 Å². The Balaban J connectivity index is 2.03. The molecule has 0 spiro atoms. The highest BCUT2D eigenvalue weighted by Crippen LogP contribution is 2.34. The lowest BCUT2D eigenvalue weighted by atomic mass is 9.86. The Hall–Kier alpha value is -0.340. The number of rotatable bonds is 5. The molecule has 1 aliphatic carbocycles. The minimum atomic E-state index is 0.647. The van der Waals surface area contributed by atoms with Gasteiger partial charge in [-0.2, -0.15) is 0 Å². The normalized spacial score (nSPS) is 25.3. The van der Waals surface area contributed by atoms with E-state index in [0.717, 1.165) is 24.8 Å². The molecule has 2 rings (SSSR count). The Labute approximate surface area is 119 Å². The van der Waals surface area contributed by atoms with Crippen molar-refractivity contribution in [2.24, 2.45) is 11.8 Å². The summed E-state index contributed by atoms with van der Waals surface area (Å²) in [5.74, 6) is 1.73. The fourth-order valence-electron chi connectivity index (χ4n) is 3.28. The van der Waals surface area contributed by atoms with Crippen molar-refractivity contribution in [2.45, 2.75) is 45.6 Å². The van der Waals surface area contributed by atoms with E-state index in [1.807, 2.05) is 0 Å². The molecule has 0 saturated heterocycles. The summed E-state index contributed by atoms with van der Waals surface area (Å²) in [6.07, 6.45) is 5.38. The number of halogens is 1. The van der Waals surface area contributed by atoms with E-state index in [2.05, 4.69) is 59.4 Å². The Morgan fingerprint density at radius 2 is 2.00 bits per heavy atom. The molecular weight excluding hydrogens is 286 g/mol. The minimum absolute atomic E-state index is 0.647. The van der Waals surface area contributed by atoms with E-state index < -0.39 is 0 Å². The highest BCUT2D eigenvalue weighted by Gasteiger charge is 2.30. The van der Waals surface area contributed by atoms with Gasteiger partial charge in [-0.05, 0) is 48.9 Å². The van der Waals surface area contributed by atoms with Crippen LogP contribution in [-0.4, -0.2) is 12.6 Å². The minimum Gasteiger partial charge on any atom is -0.314 e. The molecule has 0 heterocycles. The lowest BCUT2D eigenvalue weighted by molar-refractivity contribution is 0.298. The third-order valence-electron chi connectivity index (χ3n) is 4.28. The van der Waals surface area contributed by atoms with Gasteiger partial charge in [0.25, 0.3) is 0 Å². The van der Waals surface area contributed by atoms with Crippen molar-refractivity contribution in [2.75, 3.05) is 6.54 Å². The largest absolute Gasteiger partial charge is 0.314 e. The Morgan fingerprint density at radius 3 is 2.56 bits per heavy atom. The van der Waals surface area contributed by atoms with Crippen molar-refractivity contribution >= 4 is 15.9 Å². The van der Waals surface area contributed by atoms with E-state index in [9.17, 15) is 0 Å². The van der Waals surface area contributed by atoms with E-state index in [4.69, 9.17) is 0 Å². The van der Waals surface area contributed by atoms with Gasteiger partial charge in [-0.15, -0.1) is 0 Å². The first-order chi connectivity index (χ1) is 8.70. The number of likely N-dealkylation sites (N-methyl/N-ethyl adjacent to an activating group) is 1. The van der Waals surface area contributed by atoms with Crippen LogP contribution in [0.1, 0.15) is 38.7 Å². The molecule has 100 valence electrons. The van der Waals surface area contributed by atoms with Gasteiger partial charge in [0.1, 0.15) is 0 Å². The zero-order chi connectivity index (χ0) is 13.0. The smallest absolute Gasteiger partial charge is 0.0175 e. The number of benzene rings is 1. The molecule has 1 aliphatic rings. The van der Waals surface area contributed by atoms with Crippen LogP contribution in [0, 0.1) is 11.8 Å². The van der Waals surface area contributed by atoms with Crippen molar-refractivity contribution in [3.63, 3.8) is 0 Å². The fraction of sp³-hybridized carbons (Fsp3) is 0.625. The van der Waals surface area contributed by atoms with Gasteiger partial charge in [0, 0.05) is 10.5 Å². The highest BCUT2D eigenvalue weighted by atomic mass is 79.9. The average Bonchev–Trinajstić information content (AvgIpc) is 2.78. The van der Waals surface area contributed by atoms with Crippen LogP contribution in [0.5, 0.6) is 0 Å². The van der Waals surface area contributed by atoms with Crippen LogP contribution in [0.2, 0.25) is 0 Å². The highest BCUT2D eigenvalue weighted by molar-refractivity contribution is 9.10. The quantitative estimate of drug-likeness (QED) is 0.849. The first-order valence-electron chi connectivity index (χ1n) is 7.18. The van der Waals surface area contributed by atoms with E-state index >= 15 is 0 Å². The van der Waals surface area contributed by atoms with Crippen molar-refractivity contribution in [3.05, 3.63) is 34.3 Å². The Bertz CT molecular complexity index is 360. The van der Waals surface area contributed by atoms with E-state index in [1.165, 1.54) is 29.3 Å². The van der Waals surface area contributed by atoms with E-state index in [1.54, 1.807) is 0 Å². The third kappa shape index (κ3) is 3.58. The summed E-state index contributed by atoms with van der Waals surface area (Å²) in [5.41, 5.74) is 1.45. The van der Waals surface area contributed by atoms with Gasteiger partial charge < -0.3 is 5.32 Å². The molecule has 3 unspecified atom stereocenters. The van der Waals surface area contributed by atoms with Crippen LogP contribution in [0.15, 0.2) is 28.7 Å². The van der Waals surface area contributed by atoms with Gasteiger partial charge in [-0.3, -0.25) is 0 Å². The second-order valence-corrected chi connectivity index (χ2v) is 6.48. The maximum Gasteiger partial charge on any atom is 0.0175 e. The molecule has 1 nitrogen and oxygen atoms in total. The molecule has 0 aliphatic heterocycles. The lowest BCUT2D eigenvalue weighted by Crippen LogP contribution is -2.39. The van der Waals surface area contributed by atoms with Gasteiger partial charge in [0.15, 0.2) is 0 Å². The van der Waals surface area contributed by atoms with Gasteiger partial charge in [0.05, 0.1) is 0 Å². The standard InChI is InChI=1S/C16H24BrN/c1-3-18-16(15-6-4-5-12(15)2)11-13-7-9-14(17)10-8-13/h7-10,12,15-16,18H,3-6,11H2,1-2H3. The summed E-state index contributed by atoms with van der Waals surface area (Å²) in [6.45, 7) is 5.71. The second kappa shape index (κ2) is 6.72. The molecule has 1 aromatic rings. The zero-order valence-corrected chi connectivity index (χ0v) is 13.0. The summed E-state index contributed by atoms with van der Waals surface area (Å²) in [4.78, 5) is 0. The topological polar surface area (TPSA) is 12.0 Å². The predicted molar refractivity (Wildman–Crippen MR) is 81.8 cm³/mol. The molecule has 2 heteroatoms. The summed E-state index contributed by atoms with van der Waals surface area (Å²) in [5, 5.41) is 3.71. The van der Waals surface area contributed by atoms with Crippen LogP contribution in [0.25, 0.3) is 0 Å². The number of hydrogen-bond donors (Lipinski definition) is 1. The summed E-state index contributed by atoms with van der Waals surface area (Å²) in [7, 11) is 0. The average molecular weight is 310 g/mol. The lowest BCUT2D eigenvalue weighted by Gasteiger charge is -2.28. The van der Waals surface area contributed by atoms with Crippen LogP contribution in [-0.2, 0) is 6.42 Å². The summed E-state index contributed by atoms with van der Waals surface area (Å²) < 4.78 is 1.17. The van der Waals surface area contributed by atoms with Gasteiger partial charge in [-0.1, -0.05) is 54.8 Å². The van der Waals surface area contributed by atoms with Crippen molar-refractivity contribution in [1.29, 1.82) is 0 Å². The monoisotopic (exact) mass is 309 g/mol. The molecule has 0 bridgehead atoms. The summed E-state index contributed by atoms with van der Waals surface area (Å²) in [6, 6.07) is 9.43. The maximum atomic E-state index is 3.71. The maximum absolute atomic E-state index is 3.71. The molecule has 18 heavy (non-hydrogen) atoms. The van der Waals surface area contributed by atoms with E-state index in [0.29, 0.717) is 6.04 Å². The first kappa shape index (κ1) is 14.1. The third-order valence-corrected chi connectivity index (χ3v) is 4.81. The number of nitrogens with one attached hydrogen (secondary N) is 1. The van der Waals surface area contributed by atoms with Gasteiger partial charge in [-0.25, -0.2) is 0 Å². The molecular formula is C16H24BrN. The van der Waals surface area contributed by atoms with Gasteiger partial charge in [0.2, 0.25) is 0 Å². The Morgan fingerprint density at radius 1 is 1.28 bits per heavy atom. The zero-order valence-electron chi connectivity index (χ0n) is 11.5. The Kier molecular flexibility index (Phi) is 5.25. The molecule has 0 aromatic heterocycles. The van der Waals surface area contributed by atoms with Crippen LogP contribution in [0.3, 0.4) is 0 Å². The molecule has 1 fully saturated rings. The first-order valence-corrected chi connectivity index (χ1v) is 7.97. The van der Waals surface area contributed by atoms with Crippen molar-refractivity contribution < 1.29 is 0 Å². The van der Waals surface area contributed by atoms with Crippen molar-refractivity contribution in [1.82, 2.24) is 5.32 Å². The SMILES string of the molecule is CCNC(Cc1ccc(Br)cc1)C1CCCC1C. The molecule has 0 radical (unpaired) electrons. The fourth-order valence-corrected chi connectivity index (χ4v) is 3.55. The molecule has 0 amide bonds. The van der Waals surface area contributed by atoms with Crippen molar-refractivity contribution in [3.8, 4) is 0 Å². The van der Waals surface area contributed by atoms with Gasteiger partial charge >= 0.3 is 0 Å².